The van der Waals surface area contributed by atoms with Crippen molar-refractivity contribution >= 4 is 51.9 Å². The first-order valence-electron chi connectivity index (χ1n) is 9.28. The van der Waals surface area contributed by atoms with Crippen molar-refractivity contribution in [2.45, 2.75) is 39.5 Å². The lowest BCUT2D eigenvalue weighted by molar-refractivity contribution is -0.140. The van der Waals surface area contributed by atoms with Crippen LogP contribution in [0.4, 0.5) is 5.69 Å². The predicted molar refractivity (Wildman–Crippen MR) is 116 cm³/mol. The van der Waals surface area contributed by atoms with Gasteiger partial charge < -0.3 is 10.0 Å². The van der Waals surface area contributed by atoms with Gasteiger partial charge in [0.25, 0.3) is 5.91 Å². The number of anilines is 1. The van der Waals surface area contributed by atoms with Gasteiger partial charge in [0.05, 0.1) is 4.91 Å². The fraction of sp³-hybridized carbons (Fsp3) is 0.450. The molecule has 1 aromatic carbocycles. The number of benzene rings is 1. The minimum Gasteiger partial charge on any atom is -0.480 e. The molecule has 1 aromatic rings. The summed E-state index contributed by atoms with van der Waals surface area (Å²) in [7, 11) is 0. The van der Waals surface area contributed by atoms with Crippen molar-refractivity contribution in [3.63, 3.8) is 0 Å². The van der Waals surface area contributed by atoms with Gasteiger partial charge in [-0.05, 0) is 36.6 Å². The number of thioether (sulfide) groups is 1. The summed E-state index contributed by atoms with van der Waals surface area (Å²) in [5.41, 5.74) is 2.09. The van der Waals surface area contributed by atoms with Crippen LogP contribution in [0.1, 0.15) is 45.1 Å². The highest BCUT2D eigenvalue weighted by Gasteiger charge is 2.33. The molecule has 5 nitrogen and oxygen atoms in total. The number of thiocarbonyl (C=S) groups is 1. The van der Waals surface area contributed by atoms with Gasteiger partial charge in [-0.1, -0.05) is 62.8 Å². The molecule has 27 heavy (non-hydrogen) atoms. The van der Waals surface area contributed by atoms with E-state index in [-0.39, 0.29) is 10.2 Å². The van der Waals surface area contributed by atoms with Crippen molar-refractivity contribution < 1.29 is 14.7 Å². The summed E-state index contributed by atoms with van der Waals surface area (Å²) >= 11 is 6.27. The number of carboxylic acid groups (broad SMARTS) is 1. The summed E-state index contributed by atoms with van der Waals surface area (Å²) in [4.78, 5) is 27.2. The van der Waals surface area contributed by atoms with E-state index in [1.807, 2.05) is 12.1 Å². The van der Waals surface area contributed by atoms with E-state index in [0.29, 0.717) is 4.91 Å². The number of amides is 1. The highest BCUT2D eigenvalue weighted by Crippen LogP contribution is 2.32. The van der Waals surface area contributed by atoms with Crippen molar-refractivity contribution in [1.82, 2.24) is 4.90 Å². The monoisotopic (exact) mass is 406 g/mol. The largest absolute Gasteiger partial charge is 0.480 e. The van der Waals surface area contributed by atoms with E-state index in [4.69, 9.17) is 17.3 Å². The van der Waals surface area contributed by atoms with E-state index in [9.17, 15) is 9.59 Å². The van der Waals surface area contributed by atoms with Crippen LogP contribution in [0.3, 0.4) is 0 Å². The molecule has 1 heterocycles. The second-order valence-electron chi connectivity index (χ2n) is 6.45. The molecule has 1 N–H and O–H groups in total. The number of carboxylic acids is 1. The van der Waals surface area contributed by atoms with Crippen LogP contribution in [0.2, 0.25) is 0 Å². The van der Waals surface area contributed by atoms with Gasteiger partial charge in [0, 0.05) is 18.8 Å². The van der Waals surface area contributed by atoms with Crippen LogP contribution in [0.25, 0.3) is 6.08 Å². The first-order chi connectivity index (χ1) is 13.0. The fourth-order valence-electron chi connectivity index (χ4n) is 2.77. The Morgan fingerprint density at radius 3 is 2.30 bits per heavy atom. The third-order valence-corrected chi connectivity index (χ3v) is 5.66. The number of unbranched alkanes of at least 4 members (excludes halogenated alkanes) is 2. The molecular formula is C20H26N2O3S2. The average molecular weight is 407 g/mol. The molecule has 7 heteroatoms. The summed E-state index contributed by atoms with van der Waals surface area (Å²) in [6, 6.07) is 8.14. The van der Waals surface area contributed by atoms with Gasteiger partial charge >= 0.3 is 5.97 Å². The molecule has 1 saturated heterocycles. The summed E-state index contributed by atoms with van der Waals surface area (Å²) < 4.78 is 0.288. The molecule has 0 aliphatic carbocycles. The van der Waals surface area contributed by atoms with Crippen LogP contribution in [-0.4, -0.2) is 45.8 Å². The summed E-state index contributed by atoms with van der Waals surface area (Å²) in [5, 5.41) is 8.90. The van der Waals surface area contributed by atoms with Crippen molar-refractivity contribution in [3.05, 3.63) is 34.7 Å². The van der Waals surface area contributed by atoms with E-state index in [1.165, 1.54) is 18.5 Å². The Kier molecular flexibility index (Phi) is 8.31. The molecule has 1 aliphatic rings. The predicted octanol–water partition coefficient (Wildman–Crippen LogP) is 4.38. The molecule has 1 aliphatic heterocycles. The normalized spacial score (nSPS) is 15.6. The van der Waals surface area contributed by atoms with Crippen LogP contribution >= 0.6 is 24.0 Å². The Morgan fingerprint density at radius 1 is 1.19 bits per heavy atom. The third-order valence-electron chi connectivity index (χ3n) is 4.29. The SMILES string of the molecule is CCCCN(CCCC)c1ccc(C=C2SC(=S)N(CC(=O)O)C2=O)cc1. The van der Waals surface area contributed by atoms with Gasteiger partial charge in [-0.2, -0.15) is 0 Å². The number of aliphatic carboxylic acids is 1. The van der Waals surface area contributed by atoms with Crippen molar-refractivity contribution in [2.75, 3.05) is 24.5 Å². The molecule has 2 rings (SSSR count). The topological polar surface area (TPSA) is 60.9 Å². The molecule has 1 amide bonds. The van der Waals surface area contributed by atoms with Gasteiger partial charge in [0.1, 0.15) is 10.9 Å². The minimum absolute atomic E-state index is 0.288. The molecule has 146 valence electrons. The highest BCUT2D eigenvalue weighted by molar-refractivity contribution is 8.26. The lowest BCUT2D eigenvalue weighted by Gasteiger charge is -2.24. The Morgan fingerprint density at radius 2 is 1.78 bits per heavy atom. The van der Waals surface area contributed by atoms with E-state index in [0.717, 1.165) is 48.2 Å². The van der Waals surface area contributed by atoms with Crippen molar-refractivity contribution in [3.8, 4) is 0 Å². The third kappa shape index (κ3) is 6.07. The Balaban J connectivity index is 2.12. The number of hydrogen-bond acceptors (Lipinski definition) is 5. The second kappa shape index (κ2) is 10.5. The fourth-order valence-corrected chi connectivity index (χ4v) is 4.03. The number of carbonyl (C=O) groups is 2. The van der Waals surface area contributed by atoms with Gasteiger partial charge in [0.15, 0.2) is 0 Å². The minimum atomic E-state index is -1.07. The zero-order valence-corrected chi connectivity index (χ0v) is 17.4. The van der Waals surface area contributed by atoms with Crippen LogP contribution in [-0.2, 0) is 9.59 Å². The van der Waals surface area contributed by atoms with Crippen LogP contribution in [0.15, 0.2) is 29.2 Å². The highest BCUT2D eigenvalue weighted by atomic mass is 32.2. The Hall–Kier alpha value is -1.86. The van der Waals surface area contributed by atoms with Crippen molar-refractivity contribution in [2.24, 2.45) is 0 Å². The van der Waals surface area contributed by atoms with Gasteiger partial charge in [0.2, 0.25) is 0 Å². The lowest BCUT2D eigenvalue weighted by Crippen LogP contribution is -2.33. The molecule has 0 atom stereocenters. The van der Waals surface area contributed by atoms with E-state index < -0.39 is 12.5 Å². The molecule has 0 unspecified atom stereocenters. The van der Waals surface area contributed by atoms with Crippen LogP contribution in [0, 0.1) is 0 Å². The van der Waals surface area contributed by atoms with E-state index in [1.54, 1.807) is 6.08 Å². The zero-order valence-electron chi connectivity index (χ0n) is 15.8. The average Bonchev–Trinajstić information content (AvgIpc) is 2.90. The van der Waals surface area contributed by atoms with E-state index >= 15 is 0 Å². The second-order valence-corrected chi connectivity index (χ2v) is 8.12. The van der Waals surface area contributed by atoms with Gasteiger partial charge in [-0.25, -0.2) is 0 Å². The Bertz CT molecular complexity index is 708. The number of carbonyl (C=O) groups excluding carboxylic acids is 1. The standard InChI is InChI=1S/C20H26N2O3S2/c1-3-5-11-21(12-6-4-2)16-9-7-15(8-10-16)13-17-19(25)22(14-18(23)24)20(26)27-17/h7-10,13H,3-6,11-12,14H2,1-2H3,(H,23,24). The first kappa shape index (κ1) is 21.4. The molecule has 0 radical (unpaired) electrons. The maximum absolute atomic E-state index is 12.3. The maximum atomic E-state index is 12.3. The quantitative estimate of drug-likeness (QED) is 0.460. The lowest BCUT2D eigenvalue weighted by atomic mass is 10.1. The summed E-state index contributed by atoms with van der Waals surface area (Å²) in [5.74, 6) is -1.42. The smallest absolute Gasteiger partial charge is 0.323 e. The molecule has 0 bridgehead atoms. The van der Waals surface area contributed by atoms with Crippen LogP contribution in [0.5, 0.6) is 0 Å². The number of hydrogen-bond donors (Lipinski definition) is 1. The van der Waals surface area contributed by atoms with Gasteiger partial charge in [-0.15, -0.1) is 0 Å². The van der Waals surface area contributed by atoms with E-state index in [2.05, 4.69) is 30.9 Å². The molecule has 1 fully saturated rings. The van der Waals surface area contributed by atoms with Gasteiger partial charge in [-0.3, -0.25) is 14.5 Å². The molecular weight excluding hydrogens is 380 g/mol. The van der Waals surface area contributed by atoms with Crippen LogP contribution < -0.4 is 4.90 Å². The molecule has 0 spiro atoms. The molecule has 0 aromatic heterocycles. The first-order valence-corrected chi connectivity index (χ1v) is 10.5. The number of rotatable bonds is 10. The number of nitrogens with zero attached hydrogens (tertiary/aromatic N) is 2. The Labute approximate surface area is 170 Å². The maximum Gasteiger partial charge on any atom is 0.323 e. The van der Waals surface area contributed by atoms with Crippen molar-refractivity contribution in [1.29, 1.82) is 0 Å². The summed E-state index contributed by atoms with van der Waals surface area (Å²) in [6.45, 7) is 6.08. The molecule has 0 saturated carbocycles. The zero-order chi connectivity index (χ0) is 19.8. The summed E-state index contributed by atoms with van der Waals surface area (Å²) in [6.07, 6.45) is 6.43.